The molecule has 0 saturated carbocycles. The van der Waals surface area contributed by atoms with Crippen molar-refractivity contribution < 1.29 is 18.0 Å². The van der Waals surface area contributed by atoms with Gasteiger partial charge in [-0.25, -0.2) is 4.98 Å². The number of aromatic nitrogens is 1. The van der Waals surface area contributed by atoms with Crippen molar-refractivity contribution in [2.45, 2.75) is 6.18 Å². The Balaban J connectivity index is 2.99. The molecule has 1 aromatic rings. The largest absolute Gasteiger partial charge is 0.433 e. The fraction of sp³-hybridized carbons (Fsp3) is 0.455. The molecule has 3 N–H and O–H groups in total. The standard InChI is InChI=1S/C11H15F3N4O/c1-18(2)6-5-16-10-7(9(15)19)3-4-8(17-10)11(12,13)14/h3-4H,5-6H2,1-2H3,(H2,15,19)(H,16,17). The number of nitrogens with one attached hydrogen (secondary N) is 1. The molecule has 0 aliphatic heterocycles. The monoisotopic (exact) mass is 276 g/mol. The molecule has 0 saturated heterocycles. The van der Waals surface area contributed by atoms with E-state index >= 15 is 0 Å². The summed E-state index contributed by atoms with van der Waals surface area (Å²) < 4.78 is 37.6. The van der Waals surface area contributed by atoms with Gasteiger partial charge in [-0.2, -0.15) is 13.2 Å². The highest BCUT2D eigenvalue weighted by molar-refractivity contribution is 5.97. The van der Waals surface area contributed by atoms with Crippen LogP contribution in [0.5, 0.6) is 0 Å². The summed E-state index contributed by atoms with van der Waals surface area (Å²) in [6, 6.07) is 1.76. The summed E-state index contributed by atoms with van der Waals surface area (Å²) in [5.41, 5.74) is 3.97. The number of pyridine rings is 1. The Labute approximate surface area is 108 Å². The number of rotatable bonds is 5. The van der Waals surface area contributed by atoms with E-state index in [1.807, 2.05) is 19.0 Å². The zero-order valence-electron chi connectivity index (χ0n) is 10.6. The summed E-state index contributed by atoms with van der Waals surface area (Å²) in [6.07, 6.45) is -4.56. The van der Waals surface area contributed by atoms with Crippen molar-refractivity contribution in [2.24, 2.45) is 5.73 Å². The first-order valence-corrected chi connectivity index (χ1v) is 5.48. The Morgan fingerprint density at radius 3 is 2.53 bits per heavy atom. The Morgan fingerprint density at radius 2 is 2.05 bits per heavy atom. The molecule has 8 heteroatoms. The van der Waals surface area contributed by atoms with Gasteiger partial charge in [-0.05, 0) is 26.2 Å². The van der Waals surface area contributed by atoms with Gasteiger partial charge in [0.05, 0.1) is 5.56 Å². The third-order valence-electron chi connectivity index (χ3n) is 2.30. The topological polar surface area (TPSA) is 71.2 Å². The zero-order chi connectivity index (χ0) is 14.6. The number of likely N-dealkylation sites (N-methyl/N-ethyl adjacent to an activating group) is 1. The van der Waals surface area contributed by atoms with E-state index in [0.29, 0.717) is 13.1 Å². The van der Waals surface area contributed by atoms with Gasteiger partial charge in [0.25, 0.3) is 5.91 Å². The van der Waals surface area contributed by atoms with Crippen LogP contribution in [0.1, 0.15) is 16.1 Å². The highest BCUT2D eigenvalue weighted by Crippen LogP contribution is 2.29. The number of primary amides is 1. The highest BCUT2D eigenvalue weighted by atomic mass is 19.4. The molecule has 5 nitrogen and oxygen atoms in total. The molecule has 0 spiro atoms. The van der Waals surface area contributed by atoms with E-state index in [2.05, 4.69) is 10.3 Å². The van der Waals surface area contributed by atoms with E-state index in [4.69, 9.17) is 5.73 Å². The smallest absolute Gasteiger partial charge is 0.368 e. The molecule has 0 unspecified atom stereocenters. The minimum absolute atomic E-state index is 0.0632. The van der Waals surface area contributed by atoms with Crippen LogP contribution in [-0.2, 0) is 6.18 Å². The second-order valence-electron chi connectivity index (χ2n) is 4.18. The Morgan fingerprint density at radius 1 is 1.42 bits per heavy atom. The first-order valence-electron chi connectivity index (χ1n) is 5.48. The van der Waals surface area contributed by atoms with Crippen molar-refractivity contribution >= 4 is 11.7 Å². The predicted molar refractivity (Wildman–Crippen MR) is 64.8 cm³/mol. The molecule has 1 amide bonds. The molecule has 0 aliphatic rings. The SMILES string of the molecule is CN(C)CCNc1nc(C(F)(F)F)ccc1C(N)=O. The van der Waals surface area contributed by atoms with Crippen LogP contribution in [0.15, 0.2) is 12.1 Å². The number of halogens is 3. The number of carbonyl (C=O) groups excluding carboxylic acids is 1. The van der Waals surface area contributed by atoms with Crippen molar-refractivity contribution in [1.29, 1.82) is 0 Å². The number of alkyl halides is 3. The van der Waals surface area contributed by atoms with Crippen molar-refractivity contribution in [2.75, 3.05) is 32.5 Å². The van der Waals surface area contributed by atoms with E-state index in [1.165, 1.54) is 0 Å². The molecule has 19 heavy (non-hydrogen) atoms. The minimum Gasteiger partial charge on any atom is -0.368 e. The number of amides is 1. The number of anilines is 1. The number of carbonyl (C=O) groups is 1. The Kier molecular flexibility index (Phi) is 4.71. The van der Waals surface area contributed by atoms with Crippen LogP contribution in [0.25, 0.3) is 0 Å². The van der Waals surface area contributed by atoms with Gasteiger partial charge in [0.1, 0.15) is 11.5 Å². The average Bonchev–Trinajstić information content (AvgIpc) is 2.26. The summed E-state index contributed by atoms with van der Waals surface area (Å²) in [6.45, 7) is 0.928. The van der Waals surface area contributed by atoms with E-state index in [1.54, 1.807) is 0 Å². The molecular weight excluding hydrogens is 261 g/mol. The molecule has 0 bridgehead atoms. The van der Waals surface area contributed by atoms with E-state index < -0.39 is 17.8 Å². The average molecular weight is 276 g/mol. The third-order valence-corrected chi connectivity index (χ3v) is 2.30. The van der Waals surface area contributed by atoms with Crippen LogP contribution < -0.4 is 11.1 Å². The number of nitrogens with zero attached hydrogens (tertiary/aromatic N) is 2. The second-order valence-corrected chi connectivity index (χ2v) is 4.18. The fourth-order valence-electron chi connectivity index (χ4n) is 1.35. The normalized spacial score (nSPS) is 11.7. The number of hydrogen-bond acceptors (Lipinski definition) is 4. The summed E-state index contributed by atoms with van der Waals surface area (Å²) in [4.78, 5) is 16.4. The minimum atomic E-state index is -4.56. The molecule has 0 fully saturated rings. The molecule has 0 radical (unpaired) electrons. The summed E-state index contributed by atoms with van der Waals surface area (Å²) in [7, 11) is 3.63. The molecule has 1 heterocycles. The van der Waals surface area contributed by atoms with Gasteiger partial charge in [-0.1, -0.05) is 0 Å². The highest BCUT2D eigenvalue weighted by Gasteiger charge is 2.33. The Bertz CT molecular complexity index is 460. The first-order chi connectivity index (χ1) is 8.71. The summed E-state index contributed by atoms with van der Waals surface area (Å²) in [5.74, 6) is -0.974. The van der Waals surface area contributed by atoms with Gasteiger partial charge < -0.3 is 16.0 Å². The molecular formula is C11H15F3N4O. The van der Waals surface area contributed by atoms with Crippen molar-refractivity contribution in [3.05, 3.63) is 23.4 Å². The first kappa shape index (κ1) is 15.2. The van der Waals surface area contributed by atoms with E-state index in [-0.39, 0.29) is 11.4 Å². The lowest BCUT2D eigenvalue weighted by Crippen LogP contribution is -2.24. The van der Waals surface area contributed by atoms with E-state index in [9.17, 15) is 18.0 Å². The lowest BCUT2D eigenvalue weighted by molar-refractivity contribution is -0.141. The maximum absolute atomic E-state index is 12.5. The lowest BCUT2D eigenvalue weighted by atomic mass is 10.2. The van der Waals surface area contributed by atoms with Crippen LogP contribution in [0.3, 0.4) is 0 Å². The summed E-state index contributed by atoms with van der Waals surface area (Å²) in [5, 5.41) is 2.68. The zero-order valence-corrected chi connectivity index (χ0v) is 10.6. The van der Waals surface area contributed by atoms with Gasteiger partial charge in [0.2, 0.25) is 0 Å². The number of hydrogen-bond donors (Lipinski definition) is 2. The van der Waals surface area contributed by atoms with Crippen LogP contribution in [0.4, 0.5) is 19.0 Å². The van der Waals surface area contributed by atoms with Crippen LogP contribution in [0.2, 0.25) is 0 Å². The van der Waals surface area contributed by atoms with Gasteiger partial charge in [0.15, 0.2) is 0 Å². The predicted octanol–water partition coefficient (Wildman–Crippen LogP) is 1.17. The lowest BCUT2D eigenvalue weighted by Gasteiger charge is -2.14. The Hall–Kier alpha value is -1.83. The van der Waals surface area contributed by atoms with Crippen molar-refractivity contribution in [3.63, 3.8) is 0 Å². The molecule has 0 aliphatic carbocycles. The van der Waals surface area contributed by atoms with Crippen LogP contribution >= 0.6 is 0 Å². The molecule has 106 valence electrons. The maximum atomic E-state index is 12.5. The van der Waals surface area contributed by atoms with Gasteiger partial charge in [0, 0.05) is 13.1 Å². The van der Waals surface area contributed by atoms with Crippen LogP contribution in [0, 0.1) is 0 Å². The van der Waals surface area contributed by atoms with E-state index in [0.717, 1.165) is 12.1 Å². The molecule has 1 aromatic heterocycles. The molecule has 0 atom stereocenters. The number of nitrogens with two attached hydrogens (primary N) is 1. The van der Waals surface area contributed by atoms with Crippen LogP contribution in [-0.4, -0.2) is 43.0 Å². The van der Waals surface area contributed by atoms with Gasteiger partial charge >= 0.3 is 6.18 Å². The third kappa shape index (κ3) is 4.40. The second kappa shape index (κ2) is 5.87. The quantitative estimate of drug-likeness (QED) is 0.847. The van der Waals surface area contributed by atoms with Crippen molar-refractivity contribution in [3.8, 4) is 0 Å². The molecule has 0 aromatic carbocycles. The maximum Gasteiger partial charge on any atom is 0.433 e. The van der Waals surface area contributed by atoms with Crippen molar-refractivity contribution in [1.82, 2.24) is 9.88 Å². The fourth-order valence-corrected chi connectivity index (χ4v) is 1.35. The molecule has 1 rings (SSSR count). The summed E-state index contributed by atoms with van der Waals surface area (Å²) >= 11 is 0. The van der Waals surface area contributed by atoms with Gasteiger partial charge in [-0.3, -0.25) is 4.79 Å². The van der Waals surface area contributed by atoms with Gasteiger partial charge in [-0.15, -0.1) is 0 Å².